The van der Waals surface area contributed by atoms with Crippen LogP contribution in [0.25, 0.3) is 0 Å². The molecule has 67 heavy (non-hydrogen) atoms. The van der Waals surface area contributed by atoms with Crippen LogP contribution in [0.2, 0.25) is 0 Å². The van der Waals surface area contributed by atoms with Gasteiger partial charge in [-0.05, 0) is 116 Å². The van der Waals surface area contributed by atoms with Crippen LogP contribution in [-0.4, -0.2) is 37.2 Å². The molecular weight excluding hydrogens is 829 g/mol. The summed E-state index contributed by atoms with van der Waals surface area (Å²) in [5, 5.41) is 0. The van der Waals surface area contributed by atoms with Crippen molar-refractivity contribution in [2.75, 3.05) is 13.2 Å². The molecule has 0 radical (unpaired) electrons. The van der Waals surface area contributed by atoms with Gasteiger partial charge in [0.05, 0.1) is 0 Å². The molecule has 0 saturated heterocycles. The molecule has 382 valence electrons. The molecule has 0 rings (SSSR count). The van der Waals surface area contributed by atoms with Crippen molar-refractivity contribution in [2.45, 2.75) is 258 Å². The number of unbranched alkanes of at least 4 members (excludes halogenated alkanes) is 22. The van der Waals surface area contributed by atoms with E-state index in [1.807, 2.05) is 0 Å². The zero-order valence-corrected chi connectivity index (χ0v) is 43.6. The summed E-state index contributed by atoms with van der Waals surface area (Å²) in [7, 11) is 0. The Morgan fingerprint density at radius 2 is 0.597 bits per heavy atom. The Labute approximate surface area is 413 Å². The molecule has 1 unspecified atom stereocenters. The third-order valence-electron chi connectivity index (χ3n) is 11.5. The summed E-state index contributed by atoms with van der Waals surface area (Å²) in [6.45, 7) is 6.44. The SMILES string of the molecule is CC/C=C\C/C=C\C/C=C\C/C=C\C/C=C\C/C=C\CCCCCCCCC(=O)OCC(COC(=O)CCCCCCC/C=C\CCCC)OC(=O)CCCCCCC/C=C\CCCCCC. The highest BCUT2D eigenvalue weighted by Gasteiger charge is 2.19. The molecule has 0 N–H and O–H groups in total. The quantitative estimate of drug-likeness (QED) is 0.0262. The van der Waals surface area contributed by atoms with Crippen LogP contribution < -0.4 is 0 Å². The van der Waals surface area contributed by atoms with E-state index in [2.05, 4.69) is 118 Å². The van der Waals surface area contributed by atoms with Crippen LogP contribution in [0, 0.1) is 0 Å². The molecule has 0 aliphatic heterocycles. The van der Waals surface area contributed by atoms with Crippen molar-refractivity contribution < 1.29 is 28.6 Å². The van der Waals surface area contributed by atoms with Crippen LogP contribution in [0.15, 0.2) is 97.2 Å². The first kappa shape index (κ1) is 63.3. The lowest BCUT2D eigenvalue weighted by atomic mass is 10.1. The van der Waals surface area contributed by atoms with Crippen LogP contribution >= 0.6 is 0 Å². The molecule has 1 atom stereocenters. The Morgan fingerprint density at radius 1 is 0.313 bits per heavy atom. The summed E-state index contributed by atoms with van der Waals surface area (Å²) in [5.74, 6) is -0.924. The maximum Gasteiger partial charge on any atom is 0.306 e. The molecule has 0 spiro atoms. The fourth-order valence-electron chi connectivity index (χ4n) is 7.36. The predicted molar refractivity (Wildman–Crippen MR) is 288 cm³/mol. The topological polar surface area (TPSA) is 78.9 Å². The van der Waals surface area contributed by atoms with E-state index in [1.54, 1.807) is 0 Å². The molecule has 0 aromatic heterocycles. The Hall–Kier alpha value is -3.67. The van der Waals surface area contributed by atoms with E-state index >= 15 is 0 Å². The number of carbonyl (C=O) groups is 3. The summed E-state index contributed by atoms with van der Waals surface area (Å²) < 4.78 is 16.8. The van der Waals surface area contributed by atoms with Gasteiger partial charge in [0.1, 0.15) is 13.2 Å². The van der Waals surface area contributed by atoms with Gasteiger partial charge in [-0.25, -0.2) is 0 Å². The molecule has 6 nitrogen and oxygen atoms in total. The van der Waals surface area contributed by atoms with Gasteiger partial charge < -0.3 is 14.2 Å². The van der Waals surface area contributed by atoms with Crippen LogP contribution in [0.3, 0.4) is 0 Å². The molecule has 0 heterocycles. The number of hydrogen-bond donors (Lipinski definition) is 0. The molecular formula is C61H102O6. The predicted octanol–water partition coefficient (Wildman–Crippen LogP) is 18.5. The number of ether oxygens (including phenoxy) is 3. The first-order chi connectivity index (χ1) is 33.0. The Morgan fingerprint density at radius 3 is 0.970 bits per heavy atom. The van der Waals surface area contributed by atoms with Gasteiger partial charge in [0.2, 0.25) is 0 Å². The van der Waals surface area contributed by atoms with E-state index in [1.165, 1.54) is 83.5 Å². The summed E-state index contributed by atoms with van der Waals surface area (Å²) in [6, 6.07) is 0. The van der Waals surface area contributed by atoms with Crippen molar-refractivity contribution in [3.05, 3.63) is 97.2 Å². The fourth-order valence-corrected chi connectivity index (χ4v) is 7.36. The van der Waals surface area contributed by atoms with Gasteiger partial charge >= 0.3 is 17.9 Å². The minimum absolute atomic E-state index is 0.0904. The molecule has 0 aliphatic rings. The van der Waals surface area contributed by atoms with Crippen molar-refractivity contribution in [1.29, 1.82) is 0 Å². The van der Waals surface area contributed by atoms with Crippen LogP contribution in [-0.2, 0) is 28.6 Å². The Bertz CT molecular complexity index is 1350. The normalized spacial score (nSPS) is 12.8. The van der Waals surface area contributed by atoms with E-state index < -0.39 is 6.10 Å². The number of allylic oxidation sites excluding steroid dienone is 16. The van der Waals surface area contributed by atoms with E-state index in [9.17, 15) is 14.4 Å². The lowest BCUT2D eigenvalue weighted by Gasteiger charge is -2.18. The van der Waals surface area contributed by atoms with Gasteiger partial charge in [-0.3, -0.25) is 14.4 Å². The average molecular weight is 931 g/mol. The first-order valence-electron chi connectivity index (χ1n) is 27.7. The van der Waals surface area contributed by atoms with Crippen molar-refractivity contribution in [3.63, 3.8) is 0 Å². The second-order valence-electron chi connectivity index (χ2n) is 18.1. The minimum Gasteiger partial charge on any atom is -0.462 e. The maximum atomic E-state index is 12.8. The number of esters is 3. The maximum absolute atomic E-state index is 12.8. The monoisotopic (exact) mass is 931 g/mol. The van der Waals surface area contributed by atoms with Crippen molar-refractivity contribution in [2.24, 2.45) is 0 Å². The van der Waals surface area contributed by atoms with Crippen molar-refractivity contribution in [1.82, 2.24) is 0 Å². The Kier molecular flexibility index (Phi) is 51.9. The molecule has 0 saturated carbocycles. The molecule has 0 bridgehead atoms. The van der Waals surface area contributed by atoms with Gasteiger partial charge in [0.25, 0.3) is 0 Å². The second kappa shape index (κ2) is 54.9. The van der Waals surface area contributed by atoms with Crippen LogP contribution in [0.4, 0.5) is 0 Å². The third kappa shape index (κ3) is 53.2. The smallest absolute Gasteiger partial charge is 0.306 e. The standard InChI is InChI=1S/C61H102O6/c1-4-7-10-13-16-19-22-24-25-26-27-28-29-30-31-32-33-34-35-37-39-42-45-48-51-54-60(63)66-57-58(56-65-59(62)53-50-47-44-41-38-21-18-15-12-9-6-3)67-61(64)55-52-49-46-43-40-36-23-20-17-14-11-8-5-2/h7,10,15-16,18-20,23-25,27-28,30-31,33-34,58H,4-6,8-9,11-14,17,21-22,26,29,32,35-57H2,1-3H3/b10-7-,18-15-,19-16-,23-20-,25-24-,28-27-,31-30-,34-33-. The summed E-state index contributed by atoms with van der Waals surface area (Å²) in [6.07, 6.45) is 72.5. The van der Waals surface area contributed by atoms with E-state index in [4.69, 9.17) is 14.2 Å². The van der Waals surface area contributed by atoms with Crippen molar-refractivity contribution >= 4 is 17.9 Å². The summed E-state index contributed by atoms with van der Waals surface area (Å²) in [5.41, 5.74) is 0. The lowest BCUT2D eigenvalue weighted by molar-refractivity contribution is -0.167. The molecule has 6 heteroatoms. The number of carbonyl (C=O) groups excluding carboxylic acids is 3. The summed E-state index contributed by atoms with van der Waals surface area (Å²) >= 11 is 0. The highest BCUT2D eigenvalue weighted by atomic mass is 16.6. The molecule has 0 aromatic carbocycles. The minimum atomic E-state index is -0.791. The highest BCUT2D eigenvalue weighted by Crippen LogP contribution is 2.14. The van der Waals surface area contributed by atoms with E-state index in [0.29, 0.717) is 19.3 Å². The largest absolute Gasteiger partial charge is 0.462 e. The first-order valence-corrected chi connectivity index (χ1v) is 27.7. The number of rotatable bonds is 49. The molecule has 0 amide bonds. The van der Waals surface area contributed by atoms with Gasteiger partial charge in [-0.2, -0.15) is 0 Å². The van der Waals surface area contributed by atoms with Gasteiger partial charge in [-0.15, -0.1) is 0 Å². The second-order valence-corrected chi connectivity index (χ2v) is 18.1. The van der Waals surface area contributed by atoms with E-state index in [0.717, 1.165) is 128 Å². The van der Waals surface area contributed by atoms with Gasteiger partial charge in [-0.1, -0.05) is 214 Å². The molecule has 0 aromatic rings. The fraction of sp³-hybridized carbons (Fsp3) is 0.689. The lowest BCUT2D eigenvalue weighted by Crippen LogP contribution is -2.30. The zero-order chi connectivity index (χ0) is 48.6. The van der Waals surface area contributed by atoms with Gasteiger partial charge in [0.15, 0.2) is 6.10 Å². The van der Waals surface area contributed by atoms with Gasteiger partial charge in [0, 0.05) is 19.3 Å². The third-order valence-corrected chi connectivity index (χ3v) is 11.5. The Balaban J connectivity index is 4.33. The van der Waals surface area contributed by atoms with E-state index in [-0.39, 0.29) is 31.1 Å². The molecule has 0 aliphatic carbocycles. The van der Waals surface area contributed by atoms with Crippen LogP contribution in [0.1, 0.15) is 252 Å². The summed E-state index contributed by atoms with van der Waals surface area (Å²) in [4.78, 5) is 38.0. The molecule has 0 fully saturated rings. The van der Waals surface area contributed by atoms with Crippen molar-refractivity contribution in [3.8, 4) is 0 Å². The number of hydrogen-bond acceptors (Lipinski definition) is 6. The average Bonchev–Trinajstić information content (AvgIpc) is 3.33. The zero-order valence-electron chi connectivity index (χ0n) is 43.6. The van der Waals surface area contributed by atoms with Crippen LogP contribution in [0.5, 0.6) is 0 Å². The highest BCUT2D eigenvalue weighted by molar-refractivity contribution is 5.71.